The number of fused-ring (bicyclic) bond motifs is 1. The number of ether oxygens (including phenoxy) is 1. The van der Waals surface area contributed by atoms with Gasteiger partial charge in [-0.05, 0) is 41.8 Å². The van der Waals surface area contributed by atoms with Crippen molar-refractivity contribution in [3.8, 4) is 5.75 Å². The molecule has 0 saturated carbocycles. The summed E-state index contributed by atoms with van der Waals surface area (Å²) in [5.74, 6) is 1.32. The van der Waals surface area contributed by atoms with Crippen LogP contribution in [0.4, 0.5) is 5.69 Å². The lowest BCUT2D eigenvalue weighted by Gasteiger charge is -2.52. The zero-order valence-electron chi connectivity index (χ0n) is 15.0. The first-order chi connectivity index (χ1) is 12.3. The summed E-state index contributed by atoms with van der Waals surface area (Å²) < 4.78 is 5.34. The summed E-state index contributed by atoms with van der Waals surface area (Å²) in [5.41, 5.74) is 4.14. The molecule has 0 amide bonds. The molecule has 4 rings (SSSR count). The van der Waals surface area contributed by atoms with E-state index in [1.807, 2.05) is 0 Å². The lowest BCUT2D eigenvalue weighted by Crippen LogP contribution is -2.63. The Morgan fingerprint density at radius 2 is 1.96 bits per heavy atom. The van der Waals surface area contributed by atoms with Crippen LogP contribution in [0.5, 0.6) is 5.75 Å². The highest BCUT2D eigenvalue weighted by molar-refractivity contribution is 5.65. The molecule has 3 nitrogen and oxygen atoms in total. The van der Waals surface area contributed by atoms with Crippen molar-refractivity contribution in [1.29, 1.82) is 0 Å². The zero-order chi connectivity index (χ0) is 17.3. The average Bonchev–Trinajstić information content (AvgIpc) is 3.12. The van der Waals surface area contributed by atoms with Crippen LogP contribution in [0.3, 0.4) is 0 Å². The molecule has 2 atom stereocenters. The van der Waals surface area contributed by atoms with Crippen LogP contribution in [0.2, 0.25) is 0 Å². The Kier molecular flexibility index (Phi) is 4.26. The molecular weight excluding hydrogens is 308 g/mol. The van der Waals surface area contributed by atoms with Gasteiger partial charge in [-0.3, -0.25) is 0 Å². The third-order valence-electron chi connectivity index (χ3n) is 5.86. The maximum absolute atomic E-state index is 5.34. The van der Waals surface area contributed by atoms with Gasteiger partial charge in [-0.1, -0.05) is 43.3 Å². The number of nitrogens with one attached hydrogen (secondary N) is 1. The van der Waals surface area contributed by atoms with Gasteiger partial charge in [-0.15, -0.1) is 0 Å². The number of piperazine rings is 1. The first-order valence-corrected chi connectivity index (χ1v) is 9.18. The van der Waals surface area contributed by atoms with Crippen molar-refractivity contribution in [3.05, 3.63) is 65.7 Å². The highest BCUT2D eigenvalue weighted by atomic mass is 16.5. The summed E-state index contributed by atoms with van der Waals surface area (Å²) in [4.78, 5) is 2.61. The van der Waals surface area contributed by atoms with Crippen molar-refractivity contribution in [1.82, 2.24) is 5.32 Å². The summed E-state index contributed by atoms with van der Waals surface area (Å²) in [6.07, 6.45) is 5.78. The largest absolute Gasteiger partial charge is 0.497 e. The van der Waals surface area contributed by atoms with Crippen molar-refractivity contribution in [2.75, 3.05) is 31.6 Å². The molecule has 0 bridgehead atoms. The molecule has 1 fully saturated rings. The second kappa shape index (κ2) is 6.57. The van der Waals surface area contributed by atoms with Crippen LogP contribution < -0.4 is 15.0 Å². The van der Waals surface area contributed by atoms with Crippen LogP contribution in [0.25, 0.3) is 6.08 Å². The molecule has 1 heterocycles. The lowest BCUT2D eigenvalue weighted by molar-refractivity contribution is 0.290. The predicted molar refractivity (Wildman–Crippen MR) is 104 cm³/mol. The van der Waals surface area contributed by atoms with E-state index in [1.54, 1.807) is 7.11 Å². The highest BCUT2D eigenvalue weighted by Crippen LogP contribution is 2.45. The summed E-state index contributed by atoms with van der Waals surface area (Å²) in [7, 11) is 1.72. The number of methoxy groups -OCH3 is 1. The molecule has 0 spiro atoms. The fourth-order valence-electron chi connectivity index (χ4n) is 4.49. The Balaban J connectivity index is 1.76. The van der Waals surface area contributed by atoms with E-state index < -0.39 is 0 Å². The fourth-order valence-corrected chi connectivity index (χ4v) is 4.49. The van der Waals surface area contributed by atoms with Crippen LogP contribution in [0.1, 0.15) is 30.4 Å². The van der Waals surface area contributed by atoms with E-state index in [2.05, 4.69) is 77.8 Å². The van der Waals surface area contributed by atoms with Gasteiger partial charge in [-0.2, -0.15) is 0 Å². The van der Waals surface area contributed by atoms with Gasteiger partial charge in [0, 0.05) is 31.2 Å². The fraction of sp³-hybridized carbons (Fsp3) is 0.364. The monoisotopic (exact) mass is 334 g/mol. The molecule has 1 N–H and O–H groups in total. The van der Waals surface area contributed by atoms with Crippen LogP contribution in [-0.4, -0.2) is 32.3 Å². The van der Waals surface area contributed by atoms with E-state index in [9.17, 15) is 0 Å². The van der Waals surface area contributed by atoms with E-state index >= 15 is 0 Å². The van der Waals surface area contributed by atoms with Crippen LogP contribution in [0.15, 0.2) is 54.6 Å². The average molecular weight is 334 g/mol. The molecule has 2 aliphatic rings. The first kappa shape index (κ1) is 16.2. The van der Waals surface area contributed by atoms with Gasteiger partial charge < -0.3 is 15.0 Å². The zero-order valence-corrected chi connectivity index (χ0v) is 15.0. The summed E-state index contributed by atoms with van der Waals surface area (Å²) in [6, 6.07) is 17.3. The van der Waals surface area contributed by atoms with Gasteiger partial charge in [0.25, 0.3) is 0 Å². The van der Waals surface area contributed by atoms with Crippen molar-refractivity contribution in [2.24, 2.45) is 0 Å². The van der Waals surface area contributed by atoms with Crippen molar-refractivity contribution >= 4 is 11.8 Å². The minimum atomic E-state index is 0.0515. The number of hydrogen-bond acceptors (Lipinski definition) is 3. The molecule has 1 aliphatic heterocycles. The van der Waals surface area contributed by atoms with Crippen LogP contribution in [0, 0.1) is 0 Å². The predicted octanol–water partition coefficient (Wildman–Crippen LogP) is 4.06. The molecular formula is C22H26N2O. The Bertz CT molecular complexity index is 768. The molecule has 0 aromatic heterocycles. The van der Waals surface area contributed by atoms with Crippen LogP contribution in [-0.2, 0) is 0 Å². The smallest absolute Gasteiger partial charge is 0.119 e. The quantitative estimate of drug-likeness (QED) is 0.912. The molecule has 2 aromatic rings. The SMILES string of the molecule is CCC1(C2C=Cc3ccccc32)CNCCN1c1ccc(OC)cc1. The van der Waals surface area contributed by atoms with E-state index in [-0.39, 0.29) is 5.54 Å². The van der Waals surface area contributed by atoms with Gasteiger partial charge >= 0.3 is 0 Å². The van der Waals surface area contributed by atoms with Gasteiger partial charge in [0.05, 0.1) is 12.6 Å². The van der Waals surface area contributed by atoms with E-state index in [0.29, 0.717) is 5.92 Å². The van der Waals surface area contributed by atoms with Crippen molar-refractivity contribution in [2.45, 2.75) is 24.8 Å². The van der Waals surface area contributed by atoms with E-state index in [0.717, 1.165) is 31.8 Å². The third kappa shape index (κ3) is 2.63. The van der Waals surface area contributed by atoms with E-state index in [1.165, 1.54) is 16.8 Å². The van der Waals surface area contributed by atoms with Gasteiger partial charge in [0.2, 0.25) is 0 Å². The molecule has 0 radical (unpaired) electrons. The van der Waals surface area contributed by atoms with Crippen molar-refractivity contribution in [3.63, 3.8) is 0 Å². The normalized spacial score (nSPS) is 25.0. The van der Waals surface area contributed by atoms with E-state index in [4.69, 9.17) is 4.74 Å². The Labute approximate surface area is 150 Å². The standard InChI is InChI=1S/C22H26N2O/c1-3-22(21-13-8-17-6-4-5-7-20(17)21)16-23-14-15-24(22)18-9-11-19(25-2)12-10-18/h4-13,21,23H,3,14-16H2,1-2H3. The lowest BCUT2D eigenvalue weighted by atomic mass is 9.75. The molecule has 3 heteroatoms. The molecule has 1 aliphatic carbocycles. The molecule has 1 saturated heterocycles. The summed E-state index contributed by atoms with van der Waals surface area (Å²) >= 11 is 0. The second-order valence-corrected chi connectivity index (χ2v) is 6.95. The first-order valence-electron chi connectivity index (χ1n) is 9.18. The molecule has 2 aromatic carbocycles. The second-order valence-electron chi connectivity index (χ2n) is 6.95. The topological polar surface area (TPSA) is 24.5 Å². The number of nitrogens with zero attached hydrogens (tertiary/aromatic N) is 1. The van der Waals surface area contributed by atoms with Crippen LogP contribution >= 0.6 is 0 Å². The minimum absolute atomic E-state index is 0.0515. The van der Waals surface area contributed by atoms with Gasteiger partial charge in [0.1, 0.15) is 5.75 Å². The Hall–Kier alpha value is -2.26. The number of hydrogen-bond donors (Lipinski definition) is 1. The maximum atomic E-state index is 5.34. The number of benzene rings is 2. The number of rotatable bonds is 4. The van der Waals surface area contributed by atoms with Gasteiger partial charge in [0.15, 0.2) is 0 Å². The number of anilines is 1. The molecule has 2 unspecified atom stereocenters. The summed E-state index contributed by atoms with van der Waals surface area (Å²) in [5, 5.41) is 3.66. The Morgan fingerprint density at radius 1 is 1.16 bits per heavy atom. The maximum Gasteiger partial charge on any atom is 0.119 e. The van der Waals surface area contributed by atoms with Gasteiger partial charge in [-0.25, -0.2) is 0 Å². The van der Waals surface area contributed by atoms with Crippen molar-refractivity contribution < 1.29 is 4.74 Å². The molecule has 130 valence electrons. The summed E-state index contributed by atoms with van der Waals surface area (Å²) in [6.45, 7) is 5.36. The minimum Gasteiger partial charge on any atom is -0.497 e. The molecule has 25 heavy (non-hydrogen) atoms. The third-order valence-corrected chi connectivity index (χ3v) is 5.86. The Morgan fingerprint density at radius 3 is 2.72 bits per heavy atom. The highest BCUT2D eigenvalue weighted by Gasteiger charge is 2.45.